The highest BCUT2D eigenvalue weighted by atomic mass is 14.5. The molecule has 0 aromatic rings. The lowest BCUT2D eigenvalue weighted by molar-refractivity contribution is 0.0154. The van der Waals surface area contributed by atoms with Crippen LogP contribution in [0.1, 0.15) is 60.8 Å². The average molecular weight is 184 g/mol. The van der Waals surface area contributed by atoms with Gasteiger partial charge in [-0.15, -0.1) is 0 Å². The first-order valence-corrected chi connectivity index (χ1v) is 6.27. The number of fused-ring (bicyclic) bond motifs is 2. The van der Waals surface area contributed by atoms with Gasteiger partial charge in [-0.25, -0.2) is 0 Å². The molecule has 0 saturated heterocycles. The normalized spacial score (nSPS) is 40.2. The molecule has 13 heavy (non-hydrogen) atoms. The van der Waals surface area contributed by atoms with Crippen molar-refractivity contribution < 1.29 is 0 Å². The van der Waals surface area contributed by atoms with Crippen molar-refractivity contribution in [1.82, 2.24) is 0 Å². The summed E-state index contributed by atoms with van der Waals surface area (Å²) in [5.74, 6) is 4.33. The Morgan fingerprint density at radius 1 is 0.769 bits per heavy atom. The van der Waals surface area contributed by atoms with E-state index in [1.165, 1.54) is 6.42 Å². The fourth-order valence-electron chi connectivity index (χ4n) is 2.61. The molecular weight excluding hydrogens is 156 g/mol. The SMILES string of the molecule is CC.CC.CC1CC2CC(C2)C1C. The van der Waals surface area contributed by atoms with Gasteiger partial charge >= 0.3 is 0 Å². The van der Waals surface area contributed by atoms with E-state index in [0.717, 1.165) is 23.7 Å². The van der Waals surface area contributed by atoms with E-state index in [4.69, 9.17) is 0 Å². The van der Waals surface area contributed by atoms with Crippen LogP contribution in [0.3, 0.4) is 0 Å². The largest absolute Gasteiger partial charge is 0.0683 e. The lowest BCUT2D eigenvalue weighted by atomic mass is 9.57. The predicted molar refractivity (Wildman–Crippen MR) is 61.9 cm³/mol. The summed E-state index contributed by atoms with van der Waals surface area (Å²) in [6.07, 6.45) is 4.65. The van der Waals surface area contributed by atoms with Crippen LogP contribution in [0.25, 0.3) is 0 Å². The molecule has 3 aliphatic carbocycles. The minimum Gasteiger partial charge on any atom is -0.0683 e. The van der Waals surface area contributed by atoms with Crippen LogP contribution in [0.4, 0.5) is 0 Å². The number of hydrogen-bond donors (Lipinski definition) is 0. The fourth-order valence-corrected chi connectivity index (χ4v) is 2.61. The Kier molecular flexibility index (Phi) is 6.45. The van der Waals surface area contributed by atoms with Crippen molar-refractivity contribution >= 4 is 0 Å². The predicted octanol–water partition coefficient (Wildman–Crippen LogP) is 4.74. The third-order valence-electron chi connectivity index (χ3n) is 3.62. The van der Waals surface area contributed by atoms with Crippen molar-refractivity contribution in [3.63, 3.8) is 0 Å². The second-order valence-corrected chi connectivity index (χ2v) is 4.17. The molecule has 3 aliphatic rings. The lowest BCUT2D eigenvalue weighted by Gasteiger charge is -2.49. The second kappa shape index (κ2) is 6.45. The third-order valence-corrected chi connectivity index (χ3v) is 3.62. The Morgan fingerprint density at radius 3 is 1.46 bits per heavy atom. The highest BCUT2D eigenvalue weighted by molar-refractivity contribution is 4.91. The molecule has 0 heteroatoms. The van der Waals surface area contributed by atoms with Gasteiger partial charge in [0, 0.05) is 0 Å². The van der Waals surface area contributed by atoms with E-state index in [1.54, 1.807) is 12.8 Å². The molecule has 3 saturated carbocycles. The summed E-state index contributed by atoms with van der Waals surface area (Å²) in [4.78, 5) is 0. The van der Waals surface area contributed by atoms with Gasteiger partial charge in [0.05, 0.1) is 0 Å². The van der Waals surface area contributed by atoms with Crippen LogP contribution in [0.2, 0.25) is 0 Å². The molecule has 0 amide bonds. The number of rotatable bonds is 0. The van der Waals surface area contributed by atoms with Crippen molar-refractivity contribution in [2.45, 2.75) is 60.8 Å². The zero-order valence-corrected chi connectivity index (χ0v) is 10.4. The molecule has 0 nitrogen and oxygen atoms in total. The highest BCUT2D eigenvalue weighted by Gasteiger charge is 2.41. The Balaban J connectivity index is 0.000000322. The van der Waals surface area contributed by atoms with E-state index in [-0.39, 0.29) is 0 Å². The van der Waals surface area contributed by atoms with Crippen LogP contribution in [-0.2, 0) is 0 Å². The Morgan fingerprint density at radius 2 is 1.23 bits per heavy atom. The maximum Gasteiger partial charge on any atom is -0.0381 e. The first-order valence-electron chi connectivity index (χ1n) is 6.27. The highest BCUT2D eigenvalue weighted by Crippen LogP contribution is 2.51. The quantitative estimate of drug-likeness (QED) is 0.510. The van der Waals surface area contributed by atoms with Gasteiger partial charge in [0.15, 0.2) is 0 Å². The van der Waals surface area contributed by atoms with Crippen LogP contribution in [0, 0.1) is 23.7 Å². The summed E-state index contributed by atoms with van der Waals surface area (Å²) in [5, 5.41) is 0. The molecule has 0 aromatic heterocycles. The van der Waals surface area contributed by atoms with Gasteiger partial charge in [-0.3, -0.25) is 0 Å². The van der Waals surface area contributed by atoms with E-state index in [2.05, 4.69) is 13.8 Å². The van der Waals surface area contributed by atoms with Gasteiger partial charge in [-0.05, 0) is 42.9 Å². The van der Waals surface area contributed by atoms with E-state index >= 15 is 0 Å². The summed E-state index contributed by atoms with van der Waals surface area (Å²) >= 11 is 0. The van der Waals surface area contributed by atoms with Gasteiger partial charge in [0.2, 0.25) is 0 Å². The Hall–Kier alpha value is 0. The van der Waals surface area contributed by atoms with Crippen molar-refractivity contribution in [3.8, 4) is 0 Å². The first kappa shape index (κ1) is 13.0. The second-order valence-electron chi connectivity index (χ2n) is 4.17. The monoisotopic (exact) mass is 184 g/mol. The summed E-state index contributed by atoms with van der Waals surface area (Å²) < 4.78 is 0. The van der Waals surface area contributed by atoms with Crippen LogP contribution in [0.5, 0.6) is 0 Å². The standard InChI is InChI=1S/C9H16.2C2H6/c1-6-3-8-4-9(5-8)7(6)2;2*1-2/h6-9H,3-5H2,1-2H3;2*1-2H3. The van der Waals surface area contributed by atoms with Gasteiger partial charge in [-0.2, -0.15) is 0 Å². The van der Waals surface area contributed by atoms with Gasteiger partial charge < -0.3 is 0 Å². The van der Waals surface area contributed by atoms with E-state index < -0.39 is 0 Å². The molecule has 2 unspecified atom stereocenters. The number of hydrogen-bond acceptors (Lipinski definition) is 0. The molecule has 0 spiro atoms. The van der Waals surface area contributed by atoms with E-state index in [1.807, 2.05) is 27.7 Å². The molecule has 0 aliphatic heterocycles. The molecule has 0 aromatic carbocycles. The van der Waals surface area contributed by atoms with Crippen LogP contribution < -0.4 is 0 Å². The fraction of sp³-hybridized carbons (Fsp3) is 1.00. The maximum atomic E-state index is 2.44. The Labute approximate surface area is 85.1 Å². The summed E-state index contributed by atoms with van der Waals surface area (Å²) in [7, 11) is 0. The smallest absolute Gasteiger partial charge is 0.0381 e. The molecule has 3 fully saturated rings. The molecule has 2 atom stereocenters. The molecule has 0 heterocycles. The topological polar surface area (TPSA) is 0 Å². The lowest BCUT2D eigenvalue weighted by Crippen LogP contribution is -2.39. The van der Waals surface area contributed by atoms with Crippen LogP contribution in [-0.4, -0.2) is 0 Å². The van der Waals surface area contributed by atoms with Crippen LogP contribution >= 0.6 is 0 Å². The minimum absolute atomic E-state index is 1.03. The molecule has 2 bridgehead atoms. The van der Waals surface area contributed by atoms with Crippen LogP contribution in [0.15, 0.2) is 0 Å². The van der Waals surface area contributed by atoms with Crippen molar-refractivity contribution in [1.29, 1.82) is 0 Å². The van der Waals surface area contributed by atoms with E-state index in [9.17, 15) is 0 Å². The summed E-state index contributed by atoms with van der Waals surface area (Å²) in [5.41, 5.74) is 0. The maximum absolute atomic E-state index is 2.44. The van der Waals surface area contributed by atoms with Gasteiger partial charge in [0.1, 0.15) is 0 Å². The average Bonchev–Trinajstić information content (AvgIpc) is 2.14. The molecule has 0 radical (unpaired) electrons. The third kappa shape index (κ3) is 3.00. The molecule has 80 valence electrons. The molecule has 3 rings (SSSR count). The van der Waals surface area contributed by atoms with Gasteiger partial charge in [0.25, 0.3) is 0 Å². The Bertz CT molecular complexity index is 109. The zero-order chi connectivity index (χ0) is 10.4. The minimum atomic E-state index is 1.03. The molecule has 0 N–H and O–H groups in total. The first-order chi connectivity index (χ1) is 6.27. The van der Waals surface area contributed by atoms with Crippen molar-refractivity contribution in [2.24, 2.45) is 23.7 Å². The van der Waals surface area contributed by atoms with E-state index in [0.29, 0.717) is 0 Å². The van der Waals surface area contributed by atoms with Gasteiger partial charge in [-0.1, -0.05) is 41.5 Å². The molecular formula is C13H28. The van der Waals surface area contributed by atoms with Crippen molar-refractivity contribution in [3.05, 3.63) is 0 Å². The van der Waals surface area contributed by atoms with Crippen molar-refractivity contribution in [2.75, 3.05) is 0 Å². The summed E-state index contributed by atoms with van der Waals surface area (Å²) in [6, 6.07) is 0. The summed E-state index contributed by atoms with van der Waals surface area (Å²) in [6.45, 7) is 12.9. The zero-order valence-electron chi connectivity index (χ0n) is 10.4.